The highest BCUT2D eigenvalue weighted by molar-refractivity contribution is 9.10. The Morgan fingerprint density at radius 2 is 2.06 bits per heavy atom. The number of halogens is 1. The maximum Gasteiger partial charge on any atom is 0.0408 e. The van der Waals surface area contributed by atoms with Gasteiger partial charge in [-0.1, -0.05) is 35.8 Å². The van der Waals surface area contributed by atoms with Crippen molar-refractivity contribution < 1.29 is 0 Å². The number of nitrogens with zero attached hydrogens (tertiary/aromatic N) is 1. The fraction of sp³-hybridized carbons (Fsp3) is 0.600. The van der Waals surface area contributed by atoms with Crippen LogP contribution >= 0.6 is 15.9 Å². The molecule has 3 heteroatoms. The van der Waals surface area contributed by atoms with Gasteiger partial charge in [0.15, 0.2) is 0 Å². The predicted molar refractivity (Wildman–Crippen MR) is 82.4 cm³/mol. The molecule has 2 nitrogen and oxygen atoms in total. The van der Waals surface area contributed by atoms with Crippen molar-refractivity contribution >= 4 is 21.6 Å². The lowest BCUT2D eigenvalue weighted by Gasteiger charge is -2.44. The van der Waals surface area contributed by atoms with Crippen LogP contribution in [0.5, 0.6) is 0 Å². The highest BCUT2D eigenvalue weighted by Crippen LogP contribution is 2.30. The lowest BCUT2D eigenvalue weighted by Crippen LogP contribution is -2.60. The molecule has 1 N–H and O–H groups in total. The van der Waals surface area contributed by atoms with E-state index in [9.17, 15) is 0 Å². The molecule has 100 valence electrons. The number of hydrogen-bond donors (Lipinski definition) is 1. The van der Waals surface area contributed by atoms with Crippen LogP contribution in [0.2, 0.25) is 0 Å². The van der Waals surface area contributed by atoms with Gasteiger partial charge in [-0.15, -0.1) is 0 Å². The third-order valence-corrected chi connectivity index (χ3v) is 5.17. The third kappa shape index (κ3) is 2.57. The van der Waals surface area contributed by atoms with Crippen molar-refractivity contribution in [1.82, 2.24) is 5.32 Å². The van der Waals surface area contributed by atoms with Gasteiger partial charge in [0, 0.05) is 35.3 Å². The Labute approximate surface area is 119 Å². The van der Waals surface area contributed by atoms with E-state index >= 15 is 0 Å². The van der Waals surface area contributed by atoms with Gasteiger partial charge in [-0.25, -0.2) is 0 Å². The zero-order valence-corrected chi connectivity index (χ0v) is 13.2. The SMILES string of the molecule is CCC1(CC)CN(c2cccc(Br)c2C)CCN1. The smallest absolute Gasteiger partial charge is 0.0408 e. The molecule has 1 aromatic carbocycles. The Morgan fingerprint density at radius 1 is 1.33 bits per heavy atom. The van der Waals surface area contributed by atoms with Gasteiger partial charge in [0.25, 0.3) is 0 Å². The molecular formula is C15H23BrN2. The van der Waals surface area contributed by atoms with E-state index in [0.29, 0.717) is 0 Å². The van der Waals surface area contributed by atoms with Crippen LogP contribution in [-0.2, 0) is 0 Å². The predicted octanol–water partition coefficient (Wildman–Crippen LogP) is 3.73. The number of piperazine rings is 1. The second-order valence-corrected chi connectivity index (χ2v) is 6.07. The van der Waals surface area contributed by atoms with E-state index in [1.807, 2.05) is 0 Å². The topological polar surface area (TPSA) is 15.3 Å². The maximum atomic E-state index is 3.71. The first-order chi connectivity index (χ1) is 8.62. The summed E-state index contributed by atoms with van der Waals surface area (Å²) in [6.07, 6.45) is 2.38. The molecule has 0 amide bonds. The van der Waals surface area contributed by atoms with Crippen molar-refractivity contribution in [2.75, 3.05) is 24.5 Å². The van der Waals surface area contributed by atoms with Crippen molar-refractivity contribution in [3.05, 3.63) is 28.2 Å². The quantitative estimate of drug-likeness (QED) is 0.915. The van der Waals surface area contributed by atoms with Gasteiger partial charge in [-0.2, -0.15) is 0 Å². The molecule has 1 aromatic rings. The van der Waals surface area contributed by atoms with Crippen LogP contribution in [-0.4, -0.2) is 25.2 Å². The minimum Gasteiger partial charge on any atom is -0.368 e. The van der Waals surface area contributed by atoms with Crippen LogP contribution in [0.15, 0.2) is 22.7 Å². The van der Waals surface area contributed by atoms with Crippen LogP contribution in [0.4, 0.5) is 5.69 Å². The van der Waals surface area contributed by atoms with Crippen molar-refractivity contribution in [2.24, 2.45) is 0 Å². The summed E-state index contributed by atoms with van der Waals surface area (Å²) in [4.78, 5) is 2.53. The summed E-state index contributed by atoms with van der Waals surface area (Å²) in [6.45, 7) is 10.0. The van der Waals surface area contributed by atoms with Gasteiger partial charge in [0.05, 0.1) is 0 Å². The lowest BCUT2D eigenvalue weighted by molar-refractivity contribution is 0.277. The summed E-state index contributed by atoms with van der Waals surface area (Å²) in [7, 11) is 0. The molecule has 0 bridgehead atoms. The Hall–Kier alpha value is -0.540. The molecule has 1 saturated heterocycles. The first kappa shape index (κ1) is 13.9. The zero-order valence-electron chi connectivity index (χ0n) is 11.6. The molecule has 0 aliphatic carbocycles. The summed E-state index contributed by atoms with van der Waals surface area (Å²) in [5.41, 5.74) is 3.00. The van der Waals surface area contributed by atoms with Gasteiger partial charge >= 0.3 is 0 Å². The Balaban J connectivity index is 2.26. The number of nitrogens with one attached hydrogen (secondary N) is 1. The second kappa shape index (κ2) is 5.62. The third-order valence-electron chi connectivity index (χ3n) is 4.31. The van der Waals surface area contributed by atoms with Crippen molar-refractivity contribution in [2.45, 2.75) is 39.2 Å². The standard InChI is InChI=1S/C15H23BrN2/c1-4-15(5-2)11-18(10-9-17-15)14-8-6-7-13(16)12(14)3/h6-8,17H,4-5,9-11H2,1-3H3. The Morgan fingerprint density at radius 3 is 2.72 bits per heavy atom. The number of anilines is 1. The minimum absolute atomic E-state index is 0.285. The number of rotatable bonds is 3. The van der Waals surface area contributed by atoms with E-state index < -0.39 is 0 Å². The highest BCUT2D eigenvalue weighted by Gasteiger charge is 2.32. The van der Waals surface area contributed by atoms with Gasteiger partial charge in [0.2, 0.25) is 0 Å². The lowest BCUT2D eigenvalue weighted by atomic mass is 9.90. The summed E-state index contributed by atoms with van der Waals surface area (Å²) in [5.74, 6) is 0. The summed E-state index contributed by atoms with van der Waals surface area (Å²) >= 11 is 3.63. The van der Waals surface area contributed by atoms with Gasteiger partial charge in [-0.3, -0.25) is 0 Å². The minimum atomic E-state index is 0.285. The molecule has 1 heterocycles. The normalized spacial score (nSPS) is 19.0. The van der Waals surface area contributed by atoms with Gasteiger partial charge in [0.1, 0.15) is 0 Å². The fourth-order valence-corrected chi connectivity index (χ4v) is 3.18. The Bertz CT molecular complexity index is 413. The highest BCUT2D eigenvalue weighted by atomic mass is 79.9. The molecule has 0 saturated carbocycles. The molecule has 1 fully saturated rings. The number of hydrogen-bond acceptors (Lipinski definition) is 2. The van der Waals surface area contributed by atoms with Crippen LogP contribution < -0.4 is 10.2 Å². The Kier molecular flexibility index (Phi) is 4.33. The molecule has 0 atom stereocenters. The van der Waals surface area contributed by atoms with Crippen molar-refractivity contribution in [3.8, 4) is 0 Å². The van der Waals surface area contributed by atoms with Crippen molar-refractivity contribution in [1.29, 1.82) is 0 Å². The summed E-state index contributed by atoms with van der Waals surface area (Å²) in [5, 5.41) is 3.71. The van der Waals surface area contributed by atoms with Crippen LogP contribution in [0, 0.1) is 6.92 Å². The molecule has 0 unspecified atom stereocenters. The van der Waals surface area contributed by atoms with Crippen LogP contribution in [0.3, 0.4) is 0 Å². The summed E-state index contributed by atoms with van der Waals surface area (Å²) in [6, 6.07) is 6.49. The first-order valence-electron chi connectivity index (χ1n) is 6.87. The van der Waals surface area contributed by atoms with Crippen LogP contribution in [0.1, 0.15) is 32.3 Å². The van der Waals surface area contributed by atoms with E-state index in [-0.39, 0.29) is 5.54 Å². The average Bonchev–Trinajstić information content (AvgIpc) is 2.42. The van der Waals surface area contributed by atoms with E-state index in [2.05, 4.69) is 65.1 Å². The fourth-order valence-electron chi connectivity index (χ4n) is 2.82. The molecular weight excluding hydrogens is 288 g/mol. The summed E-state index contributed by atoms with van der Waals surface area (Å²) < 4.78 is 1.21. The van der Waals surface area contributed by atoms with E-state index in [4.69, 9.17) is 0 Å². The maximum absolute atomic E-state index is 3.71. The monoisotopic (exact) mass is 310 g/mol. The molecule has 0 spiro atoms. The van der Waals surface area contributed by atoms with Crippen LogP contribution in [0.25, 0.3) is 0 Å². The molecule has 1 aliphatic rings. The largest absolute Gasteiger partial charge is 0.368 e. The van der Waals surface area contributed by atoms with E-state index in [1.54, 1.807) is 0 Å². The molecule has 18 heavy (non-hydrogen) atoms. The zero-order chi connectivity index (χ0) is 13.2. The van der Waals surface area contributed by atoms with Gasteiger partial charge in [-0.05, 0) is 37.5 Å². The average molecular weight is 311 g/mol. The second-order valence-electron chi connectivity index (χ2n) is 5.22. The molecule has 0 aromatic heterocycles. The van der Waals surface area contributed by atoms with E-state index in [0.717, 1.165) is 19.6 Å². The van der Waals surface area contributed by atoms with Gasteiger partial charge < -0.3 is 10.2 Å². The molecule has 2 rings (SSSR count). The first-order valence-corrected chi connectivity index (χ1v) is 7.66. The van der Waals surface area contributed by atoms with Crippen molar-refractivity contribution in [3.63, 3.8) is 0 Å². The number of benzene rings is 1. The molecule has 0 radical (unpaired) electrons. The molecule has 1 aliphatic heterocycles. The van der Waals surface area contributed by atoms with E-state index in [1.165, 1.54) is 28.6 Å².